The van der Waals surface area contributed by atoms with Gasteiger partial charge in [0.05, 0.1) is 16.7 Å². The molecule has 0 amide bonds. The summed E-state index contributed by atoms with van der Waals surface area (Å²) in [5, 5.41) is 18.6. The van der Waals surface area contributed by atoms with Crippen LogP contribution in [-0.4, -0.2) is 24.2 Å². The highest BCUT2D eigenvalue weighted by Gasteiger charge is 2.43. The van der Waals surface area contributed by atoms with Gasteiger partial charge in [0.25, 0.3) is 0 Å². The maximum atomic E-state index is 11.5. The molecule has 0 aliphatic carbocycles. The summed E-state index contributed by atoms with van der Waals surface area (Å²) in [6, 6.07) is 7.81. The summed E-state index contributed by atoms with van der Waals surface area (Å²) in [5.74, 6) is -0.732. The highest BCUT2D eigenvalue weighted by Crippen LogP contribution is 2.38. The molecule has 2 rings (SSSR count). The summed E-state index contributed by atoms with van der Waals surface area (Å²) in [6.07, 6.45) is 1.25. The van der Waals surface area contributed by atoms with Crippen LogP contribution in [0.5, 0.6) is 0 Å². The minimum absolute atomic E-state index is 0.484. The number of carboxylic acids is 1. The first-order chi connectivity index (χ1) is 9.04. The Labute approximate surface area is 113 Å². The van der Waals surface area contributed by atoms with Crippen molar-refractivity contribution in [2.24, 2.45) is 5.41 Å². The molecule has 4 nitrogen and oxygen atoms in total. The standard InChI is InChI=1S/C15H18N2O2/c1-3-15(14(18)19)7-8-17(10-15)13-11(2)5-4-6-12(13)9-16/h4-6H,3,7-8,10H2,1-2H3,(H,18,19). The van der Waals surface area contributed by atoms with E-state index in [2.05, 4.69) is 6.07 Å². The van der Waals surface area contributed by atoms with Crippen LogP contribution < -0.4 is 4.90 Å². The summed E-state index contributed by atoms with van der Waals surface area (Å²) in [4.78, 5) is 13.5. The molecule has 1 N–H and O–H groups in total. The average Bonchev–Trinajstić information content (AvgIpc) is 2.83. The molecule has 4 heteroatoms. The molecule has 1 unspecified atom stereocenters. The number of aryl methyl sites for hydroxylation is 1. The van der Waals surface area contributed by atoms with Crippen molar-refractivity contribution < 1.29 is 9.90 Å². The number of para-hydroxylation sites is 1. The molecule has 1 fully saturated rings. The van der Waals surface area contributed by atoms with Gasteiger partial charge in [0.2, 0.25) is 0 Å². The molecule has 1 aliphatic heterocycles. The molecular formula is C15H18N2O2. The number of benzene rings is 1. The second-order valence-corrected chi connectivity index (χ2v) is 5.19. The number of carboxylic acid groups (broad SMARTS) is 1. The fourth-order valence-electron chi connectivity index (χ4n) is 2.85. The van der Waals surface area contributed by atoms with Gasteiger partial charge in [-0.3, -0.25) is 4.79 Å². The van der Waals surface area contributed by atoms with Crippen molar-refractivity contribution in [3.05, 3.63) is 29.3 Å². The predicted molar refractivity (Wildman–Crippen MR) is 73.1 cm³/mol. The van der Waals surface area contributed by atoms with Crippen LogP contribution in [-0.2, 0) is 4.79 Å². The van der Waals surface area contributed by atoms with Crippen molar-refractivity contribution in [1.82, 2.24) is 0 Å². The van der Waals surface area contributed by atoms with Gasteiger partial charge in [-0.25, -0.2) is 0 Å². The molecule has 1 saturated heterocycles. The van der Waals surface area contributed by atoms with Gasteiger partial charge in [-0.05, 0) is 31.4 Å². The van der Waals surface area contributed by atoms with Crippen molar-refractivity contribution in [3.8, 4) is 6.07 Å². The Bertz CT molecular complexity index is 548. The molecule has 0 aromatic heterocycles. The minimum atomic E-state index is -0.732. The van der Waals surface area contributed by atoms with Gasteiger partial charge in [0, 0.05) is 13.1 Å². The summed E-state index contributed by atoms with van der Waals surface area (Å²) in [7, 11) is 0. The van der Waals surface area contributed by atoms with Crippen LogP contribution in [0.15, 0.2) is 18.2 Å². The maximum absolute atomic E-state index is 11.5. The van der Waals surface area contributed by atoms with E-state index in [-0.39, 0.29) is 0 Å². The van der Waals surface area contributed by atoms with Crippen molar-refractivity contribution in [3.63, 3.8) is 0 Å². The first-order valence-electron chi connectivity index (χ1n) is 6.52. The Balaban J connectivity index is 2.37. The van der Waals surface area contributed by atoms with Gasteiger partial charge in [0.15, 0.2) is 0 Å². The van der Waals surface area contributed by atoms with Gasteiger partial charge in [-0.15, -0.1) is 0 Å². The van der Waals surface area contributed by atoms with Crippen LogP contribution in [0.25, 0.3) is 0 Å². The predicted octanol–water partition coefficient (Wildman–Crippen LogP) is 2.56. The smallest absolute Gasteiger partial charge is 0.311 e. The normalized spacial score (nSPS) is 22.3. The molecule has 0 bridgehead atoms. The van der Waals surface area contributed by atoms with Gasteiger partial charge < -0.3 is 10.0 Å². The molecule has 0 saturated carbocycles. The molecule has 1 heterocycles. The van der Waals surface area contributed by atoms with E-state index >= 15 is 0 Å². The lowest BCUT2D eigenvalue weighted by Crippen LogP contribution is -2.34. The number of aliphatic carboxylic acids is 1. The lowest BCUT2D eigenvalue weighted by atomic mass is 9.84. The topological polar surface area (TPSA) is 64.3 Å². The summed E-state index contributed by atoms with van der Waals surface area (Å²) < 4.78 is 0. The van der Waals surface area contributed by atoms with Crippen LogP contribution in [0, 0.1) is 23.7 Å². The van der Waals surface area contributed by atoms with E-state index in [1.165, 1.54) is 0 Å². The third kappa shape index (κ3) is 2.17. The van der Waals surface area contributed by atoms with Crippen LogP contribution in [0.4, 0.5) is 5.69 Å². The molecule has 0 spiro atoms. The van der Waals surface area contributed by atoms with E-state index in [0.29, 0.717) is 31.5 Å². The lowest BCUT2D eigenvalue weighted by Gasteiger charge is -2.26. The first kappa shape index (κ1) is 13.4. The van der Waals surface area contributed by atoms with Crippen LogP contribution in [0.1, 0.15) is 30.9 Å². The molecule has 1 aromatic rings. The number of rotatable bonds is 3. The molecule has 19 heavy (non-hydrogen) atoms. The van der Waals surface area contributed by atoms with Gasteiger partial charge in [-0.2, -0.15) is 5.26 Å². The fraction of sp³-hybridized carbons (Fsp3) is 0.467. The Hall–Kier alpha value is -2.02. The zero-order valence-corrected chi connectivity index (χ0v) is 11.3. The van der Waals surface area contributed by atoms with E-state index in [9.17, 15) is 15.2 Å². The summed E-state index contributed by atoms with van der Waals surface area (Å²) in [6.45, 7) is 5.06. The van der Waals surface area contributed by atoms with Crippen LogP contribution in [0.2, 0.25) is 0 Å². The number of hydrogen-bond donors (Lipinski definition) is 1. The van der Waals surface area contributed by atoms with E-state index in [1.807, 2.05) is 30.9 Å². The highest BCUT2D eigenvalue weighted by atomic mass is 16.4. The Morgan fingerprint density at radius 3 is 2.84 bits per heavy atom. The molecule has 0 radical (unpaired) electrons. The minimum Gasteiger partial charge on any atom is -0.481 e. The van der Waals surface area contributed by atoms with E-state index < -0.39 is 11.4 Å². The number of anilines is 1. The fourth-order valence-corrected chi connectivity index (χ4v) is 2.85. The van der Waals surface area contributed by atoms with Crippen LogP contribution >= 0.6 is 0 Å². The number of carbonyl (C=O) groups is 1. The average molecular weight is 258 g/mol. The molecule has 1 aliphatic rings. The third-order valence-electron chi connectivity index (χ3n) is 4.16. The SMILES string of the molecule is CCC1(C(=O)O)CCN(c2c(C)cccc2C#N)C1. The van der Waals surface area contributed by atoms with Gasteiger partial charge >= 0.3 is 5.97 Å². The zero-order chi connectivity index (χ0) is 14.0. The van der Waals surface area contributed by atoms with E-state index in [1.54, 1.807) is 6.07 Å². The van der Waals surface area contributed by atoms with Gasteiger partial charge in [0.1, 0.15) is 6.07 Å². The van der Waals surface area contributed by atoms with Crippen molar-refractivity contribution in [2.75, 3.05) is 18.0 Å². The monoisotopic (exact) mass is 258 g/mol. The summed E-state index contributed by atoms with van der Waals surface area (Å²) >= 11 is 0. The quantitative estimate of drug-likeness (QED) is 0.905. The third-order valence-corrected chi connectivity index (χ3v) is 4.16. The maximum Gasteiger partial charge on any atom is 0.311 e. The Morgan fingerprint density at radius 1 is 1.58 bits per heavy atom. The second-order valence-electron chi connectivity index (χ2n) is 5.19. The summed E-state index contributed by atoms with van der Waals surface area (Å²) in [5.41, 5.74) is 1.87. The number of hydrogen-bond acceptors (Lipinski definition) is 3. The van der Waals surface area contributed by atoms with Crippen molar-refractivity contribution in [1.29, 1.82) is 5.26 Å². The molecule has 100 valence electrons. The lowest BCUT2D eigenvalue weighted by molar-refractivity contribution is -0.147. The first-order valence-corrected chi connectivity index (χ1v) is 6.52. The van der Waals surface area contributed by atoms with Gasteiger partial charge in [-0.1, -0.05) is 19.1 Å². The number of nitrogens with zero attached hydrogens (tertiary/aromatic N) is 2. The molecule has 1 atom stereocenters. The Morgan fingerprint density at radius 2 is 2.32 bits per heavy atom. The Kier molecular flexibility index (Phi) is 3.48. The number of nitriles is 1. The molecule has 1 aromatic carbocycles. The van der Waals surface area contributed by atoms with E-state index in [0.717, 1.165) is 11.3 Å². The zero-order valence-electron chi connectivity index (χ0n) is 11.3. The second kappa shape index (κ2) is 4.93. The highest BCUT2D eigenvalue weighted by molar-refractivity contribution is 5.77. The van der Waals surface area contributed by atoms with E-state index in [4.69, 9.17) is 0 Å². The van der Waals surface area contributed by atoms with Crippen molar-refractivity contribution in [2.45, 2.75) is 26.7 Å². The van der Waals surface area contributed by atoms with Crippen molar-refractivity contribution >= 4 is 11.7 Å². The van der Waals surface area contributed by atoms with Crippen LogP contribution in [0.3, 0.4) is 0 Å². The largest absolute Gasteiger partial charge is 0.481 e. The molecular weight excluding hydrogens is 240 g/mol.